The molecule has 1 aromatic carbocycles. The summed E-state index contributed by atoms with van der Waals surface area (Å²) in [5, 5.41) is 20.1. The van der Waals surface area contributed by atoms with E-state index in [1.165, 1.54) is 7.11 Å². The highest BCUT2D eigenvalue weighted by molar-refractivity contribution is 5.16. The molecule has 6 nitrogen and oxygen atoms in total. The van der Waals surface area contributed by atoms with Crippen molar-refractivity contribution in [3.05, 3.63) is 35.9 Å². The number of ether oxygens (including phenoxy) is 4. The zero-order valence-corrected chi connectivity index (χ0v) is 11.1. The van der Waals surface area contributed by atoms with E-state index in [-0.39, 0.29) is 6.61 Å². The quantitative estimate of drug-likeness (QED) is 0.806. The molecule has 3 rings (SSSR count). The molecule has 0 aliphatic carbocycles. The van der Waals surface area contributed by atoms with E-state index in [2.05, 4.69) is 0 Å². The predicted octanol–water partition coefficient (Wildman–Crippen LogP) is 0.194. The maximum absolute atomic E-state index is 10.1. The minimum atomic E-state index is -1.14. The standard InChI is InChI=1S/C14H18O6/c1-17-14-11(16)10(15)12-9(19-14)7-18-13(20-12)8-5-3-2-4-6-8/h2-6,9-16H,7H2,1H3/t9-,10+,11-,12+,13-,14+/m0/s1. The molecule has 0 amide bonds. The van der Waals surface area contributed by atoms with Gasteiger partial charge in [-0.05, 0) is 0 Å². The third-order valence-electron chi connectivity index (χ3n) is 3.64. The first-order valence-electron chi connectivity index (χ1n) is 6.57. The van der Waals surface area contributed by atoms with Crippen molar-refractivity contribution in [3.63, 3.8) is 0 Å². The molecule has 0 radical (unpaired) electrons. The van der Waals surface area contributed by atoms with Gasteiger partial charge in [-0.15, -0.1) is 0 Å². The number of aliphatic hydroxyl groups excluding tert-OH is 2. The van der Waals surface area contributed by atoms with Crippen LogP contribution in [0.1, 0.15) is 11.9 Å². The van der Waals surface area contributed by atoms with Gasteiger partial charge in [0, 0.05) is 12.7 Å². The van der Waals surface area contributed by atoms with E-state index in [0.29, 0.717) is 0 Å². The topological polar surface area (TPSA) is 77.4 Å². The van der Waals surface area contributed by atoms with Crippen molar-refractivity contribution in [2.24, 2.45) is 0 Å². The molecule has 2 N–H and O–H groups in total. The highest BCUT2D eigenvalue weighted by Gasteiger charge is 2.48. The van der Waals surface area contributed by atoms with E-state index in [1.807, 2.05) is 30.3 Å². The number of rotatable bonds is 2. The van der Waals surface area contributed by atoms with Crippen molar-refractivity contribution in [2.45, 2.75) is 37.0 Å². The van der Waals surface area contributed by atoms with Gasteiger partial charge >= 0.3 is 0 Å². The summed E-state index contributed by atoms with van der Waals surface area (Å²) in [7, 11) is 1.41. The molecule has 0 unspecified atom stereocenters. The summed E-state index contributed by atoms with van der Waals surface area (Å²) in [5.74, 6) is 0. The van der Waals surface area contributed by atoms with Gasteiger partial charge in [-0.2, -0.15) is 0 Å². The Balaban J connectivity index is 1.74. The zero-order chi connectivity index (χ0) is 14.1. The first-order chi connectivity index (χ1) is 9.70. The maximum atomic E-state index is 10.1. The van der Waals surface area contributed by atoms with E-state index in [1.54, 1.807) is 0 Å². The van der Waals surface area contributed by atoms with E-state index >= 15 is 0 Å². The zero-order valence-electron chi connectivity index (χ0n) is 11.1. The molecule has 2 aliphatic rings. The van der Waals surface area contributed by atoms with Gasteiger partial charge in [0.15, 0.2) is 12.6 Å². The molecule has 20 heavy (non-hydrogen) atoms. The van der Waals surface area contributed by atoms with Crippen molar-refractivity contribution in [1.82, 2.24) is 0 Å². The SMILES string of the molecule is CO[C@@H]1O[C@H]2CO[C@H](c3ccccc3)O[C@H]2[C@H](O)[C@@H]1O. The summed E-state index contributed by atoms with van der Waals surface area (Å²) in [6.07, 6.45) is -4.76. The summed E-state index contributed by atoms with van der Waals surface area (Å²) < 4.78 is 21.9. The molecule has 0 aromatic heterocycles. The average Bonchev–Trinajstić information content (AvgIpc) is 2.51. The van der Waals surface area contributed by atoms with Crippen LogP contribution in [-0.2, 0) is 18.9 Å². The molecule has 2 aliphatic heterocycles. The van der Waals surface area contributed by atoms with Crippen LogP contribution in [0.4, 0.5) is 0 Å². The first kappa shape index (κ1) is 13.9. The van der Waals surface area contributed by atoms with Crippen LogP contribution >= 0.6 is 0 Å². The highest BCUT2D eigenvalue weighted by Crippen LogP contribution is 2.33. The Kier molecular flexibility index (Phi) is 4.02. The Morgan fingerprint density at radius 1 is 1.10 bits per heavy atom. The second kappa shape index (κ2) is 5.77. The Bertz CT molecular complexity index is 437. The number of benzene rings is 1. The second-order valence-electron chi connectivity index (χ2n) is 4.94. The van der Waals surface area contributed by atoms with Gasteiger partial charge in [-0.25, -0.2) is 0 Å². The van der Waals surface area contributed by atoms with E-state index in [9.17, 15) is 10.2 Å². The Morgan fingerprint density at radius 2 is 1.85 bits per heavy atom. The molecule has 0 bridgehead atoms. The van der Waals surface area contributed by atoms with Crippen LogP contribution in [0.15, 0.2) is 30.3 Å². The summed E-state index contributed by atoms with van der Waals surface area (Å²) in [6.45, 7) is 0.272. The summed E-state index contributed by atoms with van der Waals surface area (Å²) in [5.41, 5.74) is 0.863. The van der Waals surface area contributed by atoms with Crippen LogP contribution < -0.4 is 0 Å². The van der Waals surface area contributed by atoms with Crippen LogP contribution in [0.2, 0.25) is 0 Å². The van der Waals surface area contributed by atoms with Crippen molar-refractivity contribution in [2.75, 3.05) is 13.7 Å². The van der Waals surface area contributed by atoms with E-state index in [0.717, 1.165) is 5.56 Å². The van der Waals surface area contributed by atoms with Crippen molar-refractivity contribution >= 4 is 0 Å². The molecule has 2 heterocycles. The van der Waals surface area contributed by atoms with Crippen LogP contribution in [0.3, 0.4) is 0 Å². The number of fused-ring (bicyclic) bond motifs is 1. The highest BCUT2D eigenvalue weighted by atomic mass is 16.7. The Morgan fingerprint density at radius 3 is 2.55 bits per heavy atom. The summed E-state index contributed by atoms with van der Waals surface area (Å²) in [6, 6.07) is 9.45. The Hall–Kier alpha value is -1.02. The molecular weight excluding hydrogens is 264 g/mol. The van der Waals surface area contributed by atoms with Crippen LogP contribution in [-0.4, -0.2) is 54.6 Å². The largest absolute Gasteiger partial charge is 0.387 e. The van der Waals surface area contributed by atoms with Gasteiger partial charge in [-0.3, -0.25) is 0 Å². The number of methoxy groups -OCH3 is 1. The molecule has 2 saturated heterocycles. The van der Waals surface area contributed by atoms with Gasteiger partial charge in [0.25, 0.3) is 0 Å². The van der Waals surface area contributed by atoms with E-state index < -0.39 is 37.0 Å². The fourth-order valence-electron chi connectivity index (χ4n) is 2.55. The number of hydrogen-bond acceptors (Lipinski definition) is 6. The number of hydrogen-bond donors (Lipinski definition) is 2. The lowest BCUT2D eigenvalue weighted by Crippen LogP contribution is -2.62. The van der Waals surface area contributed by atoms with Gasteiger partial charge in [-0.1, -0.05) is 30.3 Å². The fourth-order valence-corrected chi connectivity index (χ4v) is 2.55. The lowest BCUT2D eigenvalue weighted by molar-refractivity contribution is -0.358. The molecule has 2 fully saturated rings. The molecule has 6 atom stereocenters. The van der Waals surface area contributed by atoms with Gasteiger partial charge in [0.2, 0.25) is 0 Å². The van der Waals surface area contributed by atoms with Crippen molar-refractivity contribution in [1.29, 1.82) is 0 Å². The molecule has 110 valence electrons. The number of aliphatic hydroxyl groups is 2. The monoisotopic (exact) mass is 282 g/mol. The maximum Gasteiger partial charge on any atom is 0.186 e. The van der Waals surface area contributed by atoms with Crippen LogP contribution in [0.25, 0.3) is 0 Å². The third kappa shape index (κ3) is 2.46. The molecule has 6 heteroatoms. The smallest absolute Gasteiger partial charge is 0.186 e. The Labute approximate surface area is 116 Å². The molecule has 0 spiro atoms. The lowest BCUT2D eigenvalue weighted by atomic mass is 9.98. The van der Waals surface area contributed by atoms with Crippen molar-refractivity contribution < 1.29 is 29.2 Å². The normalized spacial score (nSPS) is 41.1. The summed E-state index contributed by atoms with van der Waals surface area (Å²) in [4.78, 5) is 0. The third-order valence-corrected chi connectivity index (χ3v) is 3.64. The van der Waals surface area contributed by atoms with Crippen LogP contribution in [0, 0.1) is 0 Å². The molecule has 0 saturated carbocycles. The fraction of sp³-hybridized carbons (Fsp3) is 0.571. The van der Waals surface area contributed by atoms with Crippen LogP contribution in [0.5, 0.6) is 0 Å². The van der Waals surface area contributed by atoms with Gasteiger partial charge < -0.3 is 29.2 Å². The average molecular weight is 282 g/mol. The van der Waals surface area contributed by atoms with Gasteiger partial charge in [0.1, 0.15) is 24.4 Å². The van der Waals surface area contributed by atoms with Crippen molar-refractivity contribution in [3.8, 4) is 0 Å². The molecule has 1 aromatic rings. The minimum Gasteiger partial charge on any atom is -0.387 e. The molecular formula is C14H18O6. The first-order valence-corrected chi connectivity index (χ1v) is 6.57. The van der Waals surface area contributed by atoms with E-state index in [4.69, 9.17) is 18.9 Å². The lowest BCUT2D eigenvalue weighted by Gasteiger charge is -2.45. The minimum absolute atomic E-state index is 0.272. The second-order valence-corrected chi connectivity index (χ2v) is 4.94. The predicted molar refractivity (Wildman–Crippen MR) is 67.7 cm³/mol. The van der Waals surface area contributed by atoms with Gasteiger partial charge in [0.05, 0.1) is 6.61 Å². The summed E-state index contributed by atoms with van der Waals surface area (Å²) >= 11 is 0.